The summed E-state index contributed by atoms with van der Waals surface area (Å²) >= 11 is 0. The molecule has 0 aliphatic carbocycles. The molecule has 0 aliphatic heterocycles. The first-order chi connectivity index (χ1) is 8.48. The minimum atomic E-state index is -0.153. The zero-order chi connectivity index (χ0) is 13.8. The van der Waals surface area contributed by atoms with Gasteiger partial charge in [-0.1, -0.05) is 31.0 Å². The Hall–Kier alpha value is -0.860. The van der Waals surface area contributed by atoms with Gasteiger partial charge in [0, 0.05) is 12.0 Å². The van der Waals surface area contributed by atoms with Gasteiger partial charge < -0.3 is 10.8 Å². The summed E-state index contributed by atoms with van der Waals surface area (Å²) in [6.45, 7) is 9.29. The van der Waals surface area contributed by atoms with E-state index in [1.54, 1.807) is 0 Å². The second-order valence-electron chi connectivity index (χ2n) is 5.67. The fourth-order valence-electron chi connectivity index (χ4n) is 2.86. The van der Waals surface area contributed by atoms with E-state index < -0.39 is 0 Å². The summed E-state index contributed by atoms with van der Waals surface area (Å²) in [5, 5.41) is 9.73. The number of rotatable bonds is 6. The van der Waals surface area contributed by atoms with Crippen LogP contribution in [0.2, 0.25) is 0 Å². The van der Waals surface area contributed by atoms with Gasteiger partial charge in [0.15, 0.2) is 0 Å². The molecule has 2 nitrogen and oxygen atoms in total. The van der Waals surface area contributed by atoms with Crippen molar-refractivity contribution in [3.05, 3.63) is 34.4 Å². The van der Waals surface area contributed by atoms with Gasteiger partial charge in [-0.05, 0) is 50.3 Å². The quantitative estimate of drug-likeness (QED) is 0.814. The molecule has 3 N–H and O–H groups in total. The molecule has 1 rings (SSSR count). The monoisotopic (exact) mass is 249 g/mol. The lowest BCUT2D eigenvalue weighted by atomic mass is 9.76. The highest BCUT2D eigenvalue weighted by molar-refractivity contribution is 5.38. The van der Waals surface area contributed by atoms with E-state index in [2.05, 4.69) is 39.8 Å². The van der Waals surface area contributed by atoms with E-state index in [1.807, 2.05) is 0 Å². The van der Waals surface area contributed by atoms with Gasteiger partial charge in [0.1, 0.15) is 0 Å². The minimum Gasteiger partial charge on any atom is -0.396 e. The van der Waals surface area contributed by atoms with Crippen LogP contribution in [0.15, 0.2) is 12.1 Å². The van der Waals surface area contributed by atoms with Gasteiger partial charge in [0.05, 0.1) is 6.61 Å². The van der Waals surface area contributed by atoms with E-state index in [9.17, 15) is 5.11 Å². The maximum absolute atomic E-state index is 9.73. The lowest BCUT2D eigenvalue weighted by molar-refractivity contribution is 0.120. The van der Waals surface area contributed by atoms with Crippen LogP contribution in [0, 0.1) is 26.2 Å². The first-order valence-electron chi connectivity index (χ1n) is 6.85. The van der Waals surface area contributed by atoms with Crippen LogP contribution < -0.4 is 5.73 Å². The van der Waals surface area contributed by atoms with Crippen LogP contribution in [0.25, 0.3) is 0 Å². The van der Waals surface area contributed by atoms with Gasteiger partial charge in [-0.2, -0.15) is 0 Å². The van der Waals surface area contributed by atoms with Gasteiger partial charge >= 0.3 is 0 Å². The third-order valence-electron chi connectivity index (χ3n) is 3.94. The van der Waals surface area contributed by atoms with Crippen LogP contribution in [-0.4, -0.2) is 18.3 Å². The van der Waals surface area contributed by atoms with Crippen molar-refractivity contribution in [1.29, 1.82) is 0 Å². The number of hydrogen-bond acceptors (Lipinski definition) is 2. The fraction of sp³-hybridized carbons (Fsp3) is 0.625. The molecular formula is C16H27NO. The molecular weight excluding hydrogens is 222 g/mol. The van der Waals surface area contributed by atoms with Crippen LogP contribution in [0.4, 0.5) is 0 Å². The predicted octanol–water partition coefficient (Wildman–Crippen LogP) is 2.89. The van der Waals surface area contributed by atoms with Crippen molar-refractivity contribution >= 4 is 0 Å². The Balaban J connectivity index is 3.08. The van der Waals surface area contributed by atoms with Crippen molar-refractivity contribution in [3.63, 3.8) is 0 Å². The molecule has 0 heterocycles. The number of aryl methyl sites for hydroxylation is 3. The number of benzene rings is 1. The highest BCUT2D eigenvalue weighted by Crippen LogP contribution is 2.30. The van der Waals surface area contributed by atoms with Gasteiger partial charge in [-0.15, -0.1) is 0 Å². The average Bonchev–Trinajstić information content (AvgIpc) is 2.32. The molecule has 1 unspecified atom stereocenters. The Morgan fingerprint density at radius 3 is 2.11 bits per heavy atom. The van der Waals surface area contributed by atoms with Crippen molar-refractivity contribution in [2.24, 2.45) is 11.1 Å². The molecule has 0 saturated carbocycles. The lowest BCUT2D eigenvalue weighted by Gasteiger charge is -2.31. The van der Waals surface area contributed by atoms with Crippen molar-refractivity contribution in [2.75, 3.05) is 13.2 Å². The highest BCUT2D eigenvalue weighted by Gasteiger charge is 2.28. The Kier molecular flexibility index (Phi) is 5.36. The molecule has 0 fully saturated rings. The van der Waals surface area contributed by atoms with Crippen LogP contribution >= 0.6 is 0 Å². The third kappa shape index (κ3) is 3.33. The summed E-state index contributed by atoms with van der Waals surface area (Å²) in [6.07, 6.45) is 2.92. The average molecular weight is 249 g/mol. The molecule has 1 aromatic carbocycles. The van der Waals surface area contributed by atoms with Crippen molar-refractivity contribution in [2.45, 2.75) is 47.0 Å². The first-order valence-corrected chi connectivity index (χ1v) is 6.85. The second kappa shape index (κ2) is 6.35. The van der Waals surface area contributed by atoms with Crippen molar-refractivity contribution in [3.8, 4) is 0 Å². The maximum atomic E-state index is 9.73. The molecule has 0 saturated heterocycles. The largest absolute Gasteiger partial charge is 0.396 e. The van der Waals surface area contributed by atoms with Gasteiger partial charge in [0.2, 0.25) is 0 Å². The second-order valence-corrected chi connectivity index (χ2v) is 5.67. The summed E-state index contributed by atoms with van der Waals surface area (Å²) < 4.78 is 0. The molecule has 0 aliphatic rings. The molecule has 1 atom stereocenters. The summed E-state index contributed by atoms with van der Waals surface area (Å²) in [4.78, 5) is 0. The lowest BCUT2D eigenvalue weighted by Crippen LogP contribution is -2.36. The number of aliphatic hydroxyl groups is 1. The molecule has 0 aromatic heterocycles. The fourth-order valence-corrected chi connectivity index (χ4v) is 2.86. The van der Waals surface area contributed by atoms with Gasteiger partial charge in [-0.3, -0.25) is 0 Å². The van der Waals surface area contributed by atoms with E-state index in [0.29, 0.717) is 6.54 Å². The Morgan fingerprint density at radius 1 is 1.17 bits per heavy atom. The van der Waals surface area contributed by atoms with Crippen LogP contribution in [0.3, 0.4) is 0 Å². The summed E-state index contributed by atoms with van der Waals surface area (Å²) in [5.41, 5.74) is 11.1. The molecule has 102 valence electrons. The van der Waals surface area contributed by atoms with E-state index in [-0.39, 0.29) is 12.0 Å². The number of nitrogens with two attached hydrogens (primary N) is 1. The van der Waals surface area contributed by atoms with Gasteiger partial charge in [0.25, 0.3) is 0 Å². The molecule has 0 radical (unpaired) electrons. The first kappa shape index (κ1) is 15.2. The summed E-state index contributed by atoms with van der Waals surface area (Å²) in [5.74, 6) is 0. The normalized spacial score (nSPS) is 14.6. The molecule has 0 amide bonds. The van der Waals surface area contributed by atoms with Crippen LogP contribution in [0.5, 0.6) is 0 Å². The zero-order valence-corrected chi connectivity index (χ0v) is 12.2. The Labute approximate surface area is 111 Å². The SMILES string of the molecule is CCCC(CN)(CO)Cc1c(C)cc(C)cc1C. The molecule has 18 heavy (non-hydrogen) atoms. The van der Waals surface area contributed by atoms with Crippen molar-refractivity contribution < 1.29 is 5.11 Å². The molecule has 0 bridgehead atoms. The van der Waals surface area contributed by atoms with E-state index in [4.69, 9.17) is 5.73 Å². The molecule has 0 spiro atoms. The molecule has 2 heteroatoms. The minimum absolute atomic E-state index is 0.153. The molecule has 1 aromatic rings. The number of aliphatic hydroxyl groups excluding tert-OH is 1. The van der Waals surface area contributed by atoms with Crippen molar-refractivity contribution in [1.82, 2.24) is 0 Å². The van der Waals surface area contributed by atoms with E-state index in [0.717, 1.165) is 19.3 Å². The van der Waals surface area contributed by atoms with E-state index in [1.165, 1.54) is 22.3 Å². The summed E-state index contributed by atoms with van der Waals surface area (Å²) in [6, 6.07) is 4.43. The topological polar surface area (TPSA) is 46.2 Å². The standard InChI is InChI=1S/C16H27NO/c1-5-6-16(10-17,11-18)9-15-13(3)7-12(2)8-14(15)4/h7-8,18H,5-6,9-11,17H2,1-4H3. The van der Waals surface area contributed by atoms with Crippen LogP contribution in [0.1, 0.15) is 42.0 Å². The number of hydrogen-bond donors (Lipinski definition) is 2. The van der Waals surface area contributed by atoms with Gasteiger partial charge in [-0.25, -0.2) is 0 Å². The zero-order valence-electron chi connectivity index (χ0n) is 12.2. The maximum Gasteiger partial charge on any atom is 0.0502 e. The predicted molar refractivity (Wildman–Crippen MR) is 77.8 cm³/mol. The third-order valence-corrected chi connectivity index (χ3v) is 3.94. The highest BCUT2D eigenvalue weighted by atomic mass is 16.3. The summed E-state index contributed by atoms with van der Waals surface area (Å²) in [7, 11) is 0. The Morgan fingerprint density at radius 2 is 1.72 bits per heavy atom. The van der Waals surface area contributed by atoms with Crippen LogP contribution in [-0.2, 0) is 6.42 Å². The smallest absolute Gasteiger partial charge is 0.0502 e. The Bertz CT molecular complexity index is 371. The van der Waals surface area contributed by atoms with E-state index >= 15 is 0 Å².